The fourth-order valence-corrected chi connectivity index (χ4v) is 1.74. The molecule has 0 aliphatic heterocycles. The van der Waals surface area contributed by atoms with Gasteiger partial charge in [-0.05, 0) is 25.0 Å². The van der Waals surface area contributed by atoms with Crippen LogP contribution in [0.4, 0.5) is 0 Å². The van der Waals surface area contributed by atoms with Gasteiger partial charge < -0.3 is 15.4 Å². The van der Waals surface area contributed by atoms with Crippen LogP contribution in [0.5, 0.6) is 0 Å². The monoisotopic (exact) mass is 265 g/mol. The number of hydrogen-bond acceptors (Lipinski definition) is 5. The lowest BCUT2D eigenvalue weighted by Crippen LogP contribution is -2.30. The van der Waals surface area contributed by atoms with E-state index in [1.807, 2.05) is 0 Å². The van der Waals surface area contributed by atoms with E-state index in [-0.39, 0.29) is 12.5 Å². The van der Waals surface area contributed by atoms with E-state index >= 15 is 0 Å². The van der Waals surface area contributed by atoms with Crippen molar-refractivity contribution in [3.05, 3.63) is 0 Å². The molecule has 102 valence electrons. The van der Waals surface area contributed by atoms with E-state index in [2.05, 4.69) is 12.6 Å². The molecule has 0 heterocycles. The van der Waals surface area contributed by atoms with Crippen LogP contribution < -0.4 is 0 Å². The average Bonchev–Trinajstić information content (AvgIpc) is 2.24. The molecule has 5 nitrogen and oxygen atoms in total. The quantitative estimate of drug-likeness (QED) is 0.271. The number of thiol groups is 1. The highest BCUT2D eigenvalue weighted by atomic mass is 32.1. The number of carbonyl (C=O) groups is 1. The van der Waals surface area contributed by atoms with Crippen LogP contribution in [0.1, 0.15) is 32.6 Å². The Balaban J connectivity index is 3.51. The number of nitrogens with zero attached hydrogens (tertiary/aromatic N) is 1. The molecule has 0 aliphatic rings. The molecule has 0 aromatic heterocycles. The average molecular weight is 265 g/mol. The molecule has 0 aromatic rings. The van der Waals surface area contributed by atoms with Gasteiger partial charge in [0.25, 0.3) is 0 Å². The highest BCUT2D eigenvalue weighted by Crippen LogP contribution is 2.08. The van der Waals surface area contributed by atoms with Crippen molar-refractivity contribution in [3.63, 3.8) is 0 Å². The van der Waals surface area contributed by atoms with Crippen LogP contribution in [0.25, 0.3) is 0 Å². The van der Waals surface area contributed by atoms with Crippen LogP contribution in [0.15, 0.2) is 0 Å². The third-order valence-corrected chi connectivity index (χ3v) is 2.87. The first kappa shape index (κ1) is 16.7. The fraction of sp³-hybridized carbons (Fsp3) is 0.909. The summed E-state index contributed by atoms with van der Waals surface area (Å²) in [7, 11) is 0. The second-order valence-electron chi connectivity index (χ2n) is 4.31. The number of aliphatic hydroxyl groups is 1. The minimum Gasteiger partial charge on any atom is -0.481 e. The Bertz CT molecular complexity index is 216. The van der Waals surface area contributed by atoms with Crippen molar-refractivity contribution < 1.29 is 20.2 Å². The minimum atomic E-state index is -0.782. The summed E-state index contributed by atoms with van der Waals surface area (Å²) in [6.45, 7) is 2.35. The maximum atomic E-state index is 10.5. The zero-order valence-electron chi connectivity index (χ0n) is 10.2. The number of aliphatic carboxylic acids is 1. The van der Waals surface area contributed by atoms with Crippen molar-refractivity contribution in [1.82, 2.24) is 5.06 Å². The lowest BCUT2D eigenvalue weighted by molar-refractivity contribution is -0.141. The molecule has 2 unspecified atom stereocenters. The molecule has 6 heteroatoms. The zero-order valence-corrected chi connectivity index (χ0v) is 11.1. The van der Waals surface area contributed by atoms with Crippen molar-refractivity contribution >= 4 is 18.6 Å². The summed E-state index contributed by atoms with van der Waals surface area (Å²) in [5.41, 5.74) is 0. The number of carboxylic acid groups (broad SMARTS) is 1. The van der Waals surface area contributed by atoms with E-state index in [1.165, 1.54) is 0 Å². The van der Waals surface area contributed by atoms with E-state index in [9.17, 15) is 15.1 Å². The van der Waals surface area contributed by atoms with E-state index in [1.54, 1.807) is 6.92 Å². The van der Waals surface area contributed by atoms with Crippen molar-refractivity contribution in [2.45, 2.75) is 38.7 Å². The van der Waals surface area contributed by atoms with Crippen LogP contribution in [-0.4, -0.2) is 51.4 Å². The van der Waals surface area contributed by atoms with Crippen LogP contribution >= 0.6 is 12.6 Å². The number of hydrogen-bond donors (Lipinski definition) is 4. The Kier molecular flexibility index (Phi) is 9.53. The van der Waals surface area contributed by atoms with Gasteiger partial charge in [-0.25, -0.2) is 0 Å². The number of carboxylic acids is 1. The summed E-state index contributed by atoms with van der Waals surface area (Å²) in [5.74, 6) is -0.530. The highest BCUT2D eigenvalue weighted by Gasteiger charge is 2.11. The van der Waals surface area contributed by atoms with Gasteiger partial charge in [0, 0.05) is 13.1 Å². The van der Waals surface area contributed by atoms with Crippen molar-refractivity contribution in [2.75, 3.05) is 18.8 Å². The predicted molar refractivity (Wildman–Crippen MR) is 68.5 cm³/mol. The van der Waals surface area contributed by atoms with Gasteiger partial charge in [-0.1, -0.05) is 13.3 Å². The molecular weight excluding hydrogens is 242 g/mol. The third-order valence-electron chi connectivity index (χ3n) is 2.61. The standard InChI is InChI=1S/C11H23NO4S/c1-9(11(14)15)4-2-3-6-12(16)8-10(13)5-7-17/h9-10,13,16-17H,2-8H2,1H3,(H,14,15). The van der Waals surface area contributed by atoms with Gasteiger partial charge in [0.05, 0.1) is 12.0 Å². The van der Waals surface area contributed by atoms with Gasteiger partial charge in [0.15, 0.2) is 0 Å². The first-order valence-corrected chi connectivity index (χ1v) is 6.56. The third kappa shape index (κ3) is 9.41. The molecule has 0 amide bonds. The van der Waals surface area contributed by atoms with Gasteiger partial charge in [-0.2, -0.15) is 17.7 Å². The van der Waals surface area contributed by atoms with Gasteiger partial charge in [-0.3, -0.25) is 4.79 Å². The number of rotatable bonds is 10. The van der Waals surface area contributed by atoms with E-state index in [0.29, 0.717) is 25.1 Å². The summed E-state index contributed by atoms with van der Waals surface area (Å²) in [6.07, 6.45) is 2.09. The molecule has 2 atom stereocenters. The lowest BCUT2D eigenvalue weighted by Gasteiger charge is -2.18. The Morgan fingerprint density at radius 2 is 2.00 bits per heavy atom. The molecule has 3 N–H and O–H groups in total. The first-order chi connectivity index (χ1) is 7.97. The number of unbranched alkanes of at least 4 members (excludes halogenated alkanes) is 1. The summed E-state index contributed by atoms with van der Waals surface area (Å²) < 4.78 is 0. The number of hydroxylamine groups is 2. The Hall–Kier alpha value is -0.300. The fourth-order valence-electron chi connectivity index (χ4n) is 1.44. The molecule has 0 saturated carbocycles. The van der Waals surface area contributed by atoms with E-state index < -0.39 is 12.1 Å². The molecule has 0 spiro atoms. The SMILES string of the molecule is CC(CCCCN(O)CC(O)CCS)C(=O)O. The molecule has 0 aromatic carbocycles. The summed E-state index contributed by atoms with van der Waals surface area (Å²) >= 11 is 3.99. The molecule has 0 bridgehead atoms. The van der Waals surface area contributed by atoms with Gasteiger partial charge in [0.1, 0.15) is 0 Å². The first-order valence-electron chi connectivity index (χ1n) is 5.93. The predicted octanol–water partition coefficient (Wildman–Crippen LogP) is 1.25. The van der Waals surface area contributed by atoms with E-state index in [0.717, 1.165) is 17.9 Å². The highest BCUT2D eigenvalue weighted by molar-refractivity contribution is 7.80. The Labute approximate surface area is 108 Å². The smallest absolute Gasteiger partial charge is 0.306 e. The van der Waals surface area contributed by atoms with Crippen LogP contribution in [-0.2, 0) is 4.79 Å². The largest absolute Gasteiger partial charge is 0.481 e. The second-order valence-corrected chi connectivity index (χ2v) is 4.76. The van der Waals surface area contributed by atoms with Gasteiger partial charge in [-0.15, -0.1) is 0 Å². The lowest BCUT2D eigenvalue weighted by atomic mass is 10.0. The van der Waals surface area contributed by atoms with Crippen LogP contribution in [0, 0.1) is 5.92 Å². The summed E-state index contributed by atoms with van der Waals surface area (Å²) in [5, 5.41) is 28.6. The zero-order chi connectivity index (χ0) is 13.3. The van der Waals surface area contributed by atoms with E-state index in [4.69, 9.17) is 5.11 Å². The van der Waals surface area contributed by atoms with Crippen molar-refractivity contribution in [2.24, 2.45) is 5.92 Å². The minimum absolute atomic E-state index is 0.217. The molecular formula is C11H23NO4S. The molecule has 0 saturated heterocycles. The maximum Gasteiger partial charge on any atom is 0.306 e. The Morgan fingerprint density at radius 3 is 2.53 bits per heavy atom. The molecule has 0 aliphatic carbocycles. The molecule has 0 fully saturated rings. The van der Waals surface area contributed by atoms with Crippen molar-refractivity contribution in [1.29, 1.82) is 0 Å². The summed E-state index contributed by atoms with van der Waals surface area (Å²) in [6, 6.07) is 0. The van der Waals surface area contributed by atoms with Gasteiger partial charge in [0.2, 0.25) is 0 Å². The molecule has 0 rings (SSSR count). The maximum absolute atomic E-state index is 10.5. The molecule has 17 heavy (non-hydrogen) atoms. The normalized spacial score (nSPS) is 14.9. The molecule has 0 radical (unpaired) electrons. The summed E-state index contributed by atoms with van der Waals surface area (Å²) in [4.78, 5) is 10.5. The van der Waals surface area contributed by atoms with Crippen molar-refractivity contribution in [3.8, 4) is 0 Å². The number of aliphatic hydroxyl groups excluding tert-OH is 1. The van der Waals surface area contributed by atoms with Gasteiger partial charge >= 0.3 is 5.97 Å². The van der Waals surface area contributed by atoms with Crippen LogP contribution in [0.2, 0.25) is 0 Å². The van der Waals surface area contributed by atoms with Crippen LogP contribution in [0.3, 0.4) is 0 Å². The topological polar surface area (TPSA) is 81.0 Å². The Morgan fingerprint density at radius 1 is 1.35 bits per heavy atom. The second kappa shape index (κ2) is 9.70.